The molecule has 1 N–H and O–H groups in total. The third-order valence-corrected chi connectivity index (χ3v) is 13.1. The summed E-state index contributed by atoms with van der Waals surface area (Å²) in [4.78, 5) is 10.6. The molecular formula is C65H50N3OPt-. The largest absolute Gasteiger partial charge is 0.507 e. The molecule has 0 aliphatic carbocycles. The van der Waals surface area contributed by atoms with Crippen LogP contribution in [0.15, 0.2) is 219 Å². The number of hydrogen-bond acceptors (Lipinski definition) is 3. The molecule has 4 nitrogen and oxygen atoms in total. The Bertz CT molecular complexity index is 3700. The number of imidazole rings is 1. The van der Waals surface area contributed by atoms with Gasteiger partial charge in [0.2, 0.25) is 0 Å². The van der Waals surface area contributed by atoms with Crippen molar-refractivity contribution in [3.8, 4) is 101 Å². The standard InChI is InChI=1S/C65H50N3O.Pt/c1-42(2)56-40-58(50-24-15-8-16-25-50)62(41-57(56)49-22-13-7-14-23-49)68-61-27-17-26-55(63(61)67-65(68)59-35-43(3)34-44(4)64(59)69)53-36-52(46-20-11-6-12-21-46)37-54(38-53)60-39-51(32-33-66-60)48-30-28-47(29-31-48)45-18-9-5-10-19-45;/h5-37,39-42,69H,1-4H3;/q-1;/i42D;. The third kappa shape index (κ3) is 8.84. The average Bonchev–Trinajstić information content (AvgIpc) is 3.79. The molecule has 0 spiro atoms. The number of hydrogen-bond donors (Lipinski definition) is 1. The van der Waals surface area contributed by atoms with Crippen LogP contribution in [-0.2, 0) is 21.1 Å². The summed E-state index contributed by atoms with van der Waals surface area (Å²) in [5.74, 6) is -0.143. The van der Waals surface area contributed by atoms with Gasteiger partial charge in [-0.05, 0) is 111 Å². The Labute approximate surface area is 426 Å². The summed E-state index contributed by atoms with van der Waals surface area (Å²) in [6.45, 7) is 7.89. The summed E-state index contributed by atoms with van der Waals surface area (Å²) < 4.78 is 11.7. The Morgan fingerprint density at radius 1 is 0.500 bits per heavy atom. The summed E-state index contributed by atoms with van der Waals surface area (Å²) in [7, 11) is 0. The van der Waals surface area contributed by atoms with E-state index < -0.39 is 5.89 Å². The van der Waals surface area contributed by atoms with Crippen molar-refractivity contribution in [1.29, 1.82) is 0 Å². The zero-order chi connectivity index (χ0) is 47.9. The molecule has 0 unspecified atom stereocenters. The van der Waals surface area contributed by atoms with Gasteiger partial charge in [-0.15, -0.1) is 23.8 Å². The van der Waals surface area contributed by atoms with Gasteiger partial charge >= 0.3 is 0 Å². The van der Waals surface area contributed by atoms with Gasteiger partial charge in [0.15, 0.2) is 0 Å². The molecule has 2 aromatic heterocycles. The molecule has 0 fully saturated rings. The molecule has 0 aliphatic heterocycles. The summed E-state index contributed by atoms with van der Waals surface area (Å²) in [6, 6.07) is 77.4. The van der Waals surface area contributed by atoms with E-state index in [9.17, 15) is 6.48 Å². The van der Waals surface area contributed by atoms with Crippen LogP contribution in [0.5, 0.6) is 5.75 Å². The quantitative estimate of drug-likeness (QED) is 0.139. The van der Waals surface area contributed by atoms with Gasteiger partial charge in [-0.25, -0.2) is 4.98 Å². The minimum absolute atomic E-state index is 0. The second kappa shape index (κ2) is 19.6. The van der Waals surface area contributed by atoms with Crippen molar-refractivity contribution in [2.45, 2.75) is 33.6 Å². The fraction of sp³-hybridized carbons (Fsp3) is 0.0769. The summed E-state index contributed by atoms with van der Waals surface area (Å²) in [5.41, 5.74) is 19.8. The second-order valence-electron chi connectivity index (χ2n) is 18.0. The number of pyridine rings is 1. The molecule has 11 aromatic rings. The Hall–Kier alpha value is -7.91. The molecule has 11 rings (SSSR count). The number of rotatable bonds is 10. The van der Waals surface area contributed by atoms with E-state index in [0.29, 0.717) is 11.4 Å². The zero-order valence-corrected chi connectivity index (χ0v) is 41.7. The van der Waals surface area contributed by atoms with E-state index >= 15 is 0 Å². The smallest absolute Gasteiger partial charge is 0.148 e. The fourth-order valence-corrected chi connectivity index (χ4v) is 9.66. The van der Waals surface area contributed by atoms with Crippen LogP contribution in [0.2, 0.25) is 0 Å². The number of benzene rings is 9. The first-order valence-electron chi connectivity index (χ1n) is 23.9. The molecule has 70 heavy (non-hydrogen) atoms. The van der Waals surface area contributed by atoms with E-state index in [0.717, 1.165) is 100 Å². The van der Waals surface area contributed by atoms with Crippen molar-refractivity contribution in [2.75, 3.05) is 0 Å². The molecule has 9 aromatic carbocycles. The van der Waals surface area contributed by atoms with Crippen LogP contribution in [0.25, 0.3) is 106 Å². The van der Waals surface area contributed by atoms with Crippen LogP contribution >= 0.6 is 0 Å². The maximum absolute atomic E-state index is 12.0. The van der Waals surface area contributed by atoms with Crippen LogP contribution in [0, 0.1) is 19.9 Å². The van der Waals surface area contributed by atoms with Crippen LogP contribution < -0.4 is 0 Å². The Kier molecular flexibility index (Phi) is 12.5. The van der Waals surface area contributed by atoms with Crippen LogP contribution in [0.4, 0.5) is 0 Å². The van der Waals surface area contributed by atoms with Gasteiger partial charge in [-0.1, -0.05) is 200 Å². The Balaban J connectivity index is 0.00000582. The Morgan fingerprint density at radius 2 is 1.06 bits per heavy atom. The van der Waals surface area contributed by atoms with E-state index in [1.165, 1.54) is 11.1 Å². The molecule has 0 radical (unpaired) electrons. The number of aromatic hydroxyl groups is 1. The van der Waals surface area contributed by atoms with Crippen molar-refractivity contribution >= 4 is 11.0 Å². The van der Waals surface area contributed by atoms with E-state index in [1.807, 2.05) is 75.5 Å². The Morgan fingerprint density at radius 3 is 1.69 bits per heavy atom. The van der Waals surface area contributed by atoms with E-state index in [4.69, 9.17) is 9.97 Å². The SMILES string of the molecule is [2H]C(C)(C)c1cc(-c2ccccc2)c(-n2c(-c3cc(C)cc(C)c3O)nc3c(-c4[c-]c(-c5cc(-c6ccc(-c7ccccc7)cc6)ccn5)cc(-c5ccccc5)c4)cccc32)cc1-c1ccccc1.[Pt]. The van der Waals surface area contributed by atoms with E-state index in [2.05, 4.69) is 181 Å². The number of para-hydroxylation sites is 1. The number of nitrogens with zero attached hydrogens (tertiary/aromatic N) is 3. The van der Waals surface area contributed by atoms with Crippen molar-refractivity contribution in [2.24, 2.45) is 0 Å². The van der Waals surface area contributed by atoms with Crippen molar-refractivity contribution < 1.29 is 27.5 Å². The van der Waals surface area contributed by atoms with Gasteiger partial charge in [-0.3, -0.25) is 9.55 Å². The molecule has 0 atom stereocenters. The molecule has 2 heterocycles. The fourth-order valence-electron chi connectivity index (χ4n) is 9.66. The van der Waals surface area contributed by atoms with Gasteiger partial charge in [0, 0.05) is 39.9 Å². The van der Waals surface area contributed by atoms with E-state index in [-0.39, 0.29) is 26.8 Å². The third-order valence-electron chi connectivity index (χ3n) is 13.1. The molecule has 0 saturated carbocycles. The summed E-state index contributed by atoms with van der Waals surface area (Å²) in [5, 5.41) is 12.0. The number of fused-ring (bicyclic) bond motifs is 1. The van der Waals surface area contributed by atoms with Crippen molar-refractivity contribution in [3.63, 3.8) is 0 Å². The molecule has 0 amide bonds. The molecule has 0 saturated heterocycles. The number of aryl methyl sites for hydroxylation is 2. The molecule has 0 aliphatic rings. The maximum atomic E-state index is 12.0. The van der Waals surface area contributed by atoms with Gasteiger partial charge in [0.05, 0.1) is 22.3 Å². The monoisotopic (exact) mass is 1080 g/mol. The number of aromatic nitrogens is 3. The maximum Gasteiger partial charge on any atom is 0.148 e. The first-order valence-corrected chi connectivity index (χ1v) is 23.4. The minimum Gasteiger partial charge on any atom is -0.507 e. The number of phenolic OH excluding ortho intramolecular Hbond substituents is 1. The minimum atomic E-state index is -0.926. The van der Waals surface area contributed by atoms with Gasteiger partial charge in [0.1, 0.15) is 11.6 Å². The molecular weight excluding hydrogens is 1030 g/mol. The van der Waals surface area contributed by atoms with Crippen molar-refractivity contribution in [1.82, 2.24) is 14.5 Å². The first-order chi connectivity index (χ1) is 34.1. The zero-order valence-electron chi connectivity index (χ0n) is 40.4. The predicted molar refractivity (Wildman–Crippen MR) is 286 cm³/mol. The van der Waals surface area contributed by atoms with Crippen LogP contribution in [0.3, 0.4) is 0 Å². The normalized spacial score (nSPS) is 11.6. The average molecular weight is 1090 g/mol. The second-order valence-corrected chi connectivity index (χ2v) is 18.0. The molecule has 342 valence electrons. The van der Waals surface area contributed by atoms with Gasteiger partial charge < -0.3 is 5.11 Å². The first kappa shape index (κ1) is 44.6. The topological polar surface area (TPSA) is 50.9 Å². The molecule has 0 bridgehead atoms. The van der Waals surface area contributed by atoms with Crippen molar-refractivity contribution in [3.05, 3.63) is 241 Å². The van der Waals surface area contributed by atoms with Crippen LogP contribution in [-0.4, -0.2) is 19.6 Å². The predicted octanol–water partition coefficient (Wildman–Crippen LogP) is 17.0. The van der Waals surface area contributed by atoms with E-state index in [1.54, 1.807) is 0 Å². The number of phenols is 1. The summed E-state index contributed by atoms with van der Waals surface area (Å²) >= 11 is 0. The van der Waals surface area contributed by atoms with Crippen LogP contribution in [0.1, 0.15) is 37.8 Å². The summed E-state index contributed by atoms with van der Waals surface area (Å²) in [6.07, 6.45) is 1.88. The van der Waals surface area contributed by atoms with Gasteiger partial charge in [-0.2, -0.15) is 0 Å². The molecule has 5 heteroatoms. The van der Waals surface area contributed by atoms with Gasteiger partial charge in [0.25, 0.3) is 0 Å².